The molecule has 11 heteroatoms. The highest BCUT2D eigenvalue weighted by Crippen LogP contribution is 2.58. The Morgan fingerprint density at radius 3 is 1.00 bits per heavy atom. The van der Waals surface area contributed by atoms with Crippen molar-refractivity contribution in [2.24, 2.45) is 0 Å². The molecule has 0 atom stereocenters. The second-order valence-electron chi connectivity index (χ2n) is 3.32. The van der Waals surface area contributed by atoms with Crippen molar-refractivity contribution < 1.29 is 0 Å². The number of hydrogen-bond donors (Lipinski definition) is 0. The SMILES string of the molecule is Clc1c(Cl)c(Cl)c([C](C(Cl)(Cl)Cl)C(Cl)(Cl)Cl)c(Cl)c1Cl. The van der Waals surface area contributed by atoms with Gasteiger partial charge in [-0.1, -0.05) is 128 Å². The molecule has 1 aromatic carbocycles. The Labute approximate surface area is 170 Å². The molecule has 0 bridgehead atoms. The number of hydrogen-bond acceptors (Lipinski definition) is 0. The molecule has 0 unspecified atom stereocenters. The zero-order valence-electron chi connectivity index (χ0n) is 8.66. The van der Waals surface area contributed by atoms with Crippen molar-refractivity contribution >= 4 is 128 Å². The Kier molecular flexibility index (Phi) is 7.27. The maximum Gasteiger partial charge on any atom is 0.205 e. The average Bonchev–Trinajstić information content (AvgIpc) is 2.26. The lowest BCUT2D eigenvalue weighted by Gasteiger charge is -2.31. The molecule has 0 fully saturated rings. The van der Waals surface area contributed by atoms with Crippen LogP contribution >= 0.6 is 128 Å². The summed E-state index contributed by atoms with van der Waals surface area (Å²) in [6.07, 6.45) is 0. The van der Waals surface area contributed by atoms with E-state index in [4.69, 9.17) is 128 Å². The molecular formula is C9Cl11. The van der Waals surface area contributed by atoms with Crippen molar-refractivity contribution in [3.63, 3.8) is 0 Å². The van der Waals surface area contributed by atoms with Crippen LogP contribution in [0, 0.1) is 5.92 Å². The van der Waals surface area contributed by atoms with Gasteiger partial charge in [-0.25, -0.2) is 0 Å². The first kappa shape index (κ1) is 20.5. The fraction of sp³-hybridized carbons (Fsp3) is 0.222. The average molecular weight is 498 g/mol. The van der Waals surface area contributed by atoms with Crippen LogP contribution in [0.2, 0.25) is 25.1 Å². The molecule has 0 aliphatic carbocycles. The Bertz CT molecular complexity index is 481. The third-order valence-corrected chi connectivity index (χ3v) is 5.44. The number of rotatable bonds is 1. The highest BCUT2D eigenvalue weighted by molar-refractivity contribution is 6.75. The maximum absolute atomic E-state index is 6.05. The van der Waals surface area contributed by atoms with E-state index in [1.165, 1.54) is 0 Å². The predicted octanol–water partition coefficient (Wildman–Crippen LogP) is 8.62. The normalized spacial score (nSPS) is 13.2. The molecule has 1 radical (unpaired) electrons. The highest BCUT2D eigenvalue weighted by Gasteiger charge is 2.51. The lowest BCUT2D eigenvalue weighted by Crippen LogP contribution is -2.31. The van der Waals surface area contributed by atoms with Crippen LogP contribution in [-0.2, 0) is 0 Å². The molecule has 113 valence electrons. The molecular weight excluding hydrogens is 498 g/mol. The highest BCUT2D eigenvalue weighted by atomic mass is 35.6. The van der Waals surface area contributed by atoms with E-state index in [1.807, 2.05) is 0 Å². The predicted molar refractivity (Wildman–Crippen MR) is 94.4 cm³/mol. The summed E-state index contributed by atoms with van der Waals surface area (Å²) in [5, 5.41) is -0.602. The van der Waals surface area contributed by atoms with Crippen molar-refractivity contribution in [2.45, 2.75) is 7.59 Å². The third kappa shape index (κ3) is 4.28. The summed E-state index contributed by atoms with van der Waals surface area (Å²) in [7, 11) is 0. The van der Waals surface area contributed by atoms with Gasteiger partial charge in [0.25, 0.3) is 0 Å². The van der Waals surface area contributed by atoms with Crippen LogP contribution in [0.4, 0.5) is 0 Å². The first-order valence-electron chi connectivity index (χ1n) is 4.33. The van der Waals surface area contributed by atoms with Crippen LogP contribution in [0.5, 0.6) is 0 Å². The Morgan fingerprint density at radius 1 is 0.500 bits per heavy atom. The van der Waals surface area contributed by atoms with Gasteiger partial charge in [-0.2, -0.15) is 0 Å². The minimum atomic E-state index is -2.13. The molecule has 0 aliphatic rings. The molecule has 0 aromatic heterocycles. The van der Waals surface area contributed by atoms with Gasteiger partial charge < -0.3 is 0 Å². The third-order valence-electron chi connectivity index (χ3n) is 2.03. The second-order valence-corrected chi connectivity index (χ2v) is 9.77. The van der Waals surface area contributed by atoms with E-state index in [0.717, 1.165) is 0 Å². The smallest absolute Gasteiger partial charge is 0.0824 e. The van der Waals surface area contributed by atoms with Gasteiger partial charge in [-0.15, -0.1) is 0 Å². The van der Waals surface area contributed by atoms with E-state index in [1.54, 1.807) is 0 Å². The van der Waals surface area contributed by atoms with E-state index in [9.17, 15) is 0 Å². The molecule has 0 aliphatic heterocycles. The molecule has 20 heavy (non-hydrogen) atoms. The fourth-order valence-corrected chi connectivity index (χ4v) is 4.45. The Hall–Kier alpha value is 2.41. The van der Waals surface area contributed by atoms with E-state index >= 15 is 0 Å². The Morgan fingerprint density at radius 2 is 0.750 bits per heavy atom. The van der Waals surface area contributed by atoms with Gasteiger partial charge in [0.05, 0.1) is 25.1 Å². The molecule has 1 aromatic rings. The van der Waals surface area contributed by atoms with E-state index in [0.29, 0.717) is 0 Å². The van der Waals surface area contributed by atoms with Crippen LogP contribution in [0.3, 0.4) is 0 Å². The van der Waals surface area contributed by atoms with Gasteiger partial charge in [-0.05, 0) is 0 Å². The van der Waals surface area contributed by atoms with Gasteiger partial charge >= 0.3 is 0 Å². The van der Waals surface area contributed by atoms with Crippen LogP contribution in [0.15, 0.2) is 0 Å². The lowest BCUT2D eigenvalue weighted by molar-refractivity contribution is 0.970. The van der Waals surface area contributed by atoms with Crippen molar-refractivity contribution in [3.05, 3.63) is 36.6 Å². The molecule has 0 N–H and O–H groups in total. The van der Waals surface area contributed by atoms with Gasteiger partial charge in [0, 0.05) is 5.56 Å². The maximum atomic E-state index is 6.05. The van der Waals surface area contributed by atoms with Crippen molar-refractivity contribution in [2.75, 3.05) is 0 Å². The zero-order valence-corrected chi connectivity index (χ0v) is 17.0. The fourth-order valence-electron chi connectivity index (χ4n) is 1.27. The van der Waals surface area contributed by atoms with Crippen molar-refractivity contribution in [1.29, 1.82) is 0 Å². The number of alkyl halides is 6. The minimum Gasteiger partial charge on any atom is -0.0824 e. The summed E-state index contributed by atoms with van der Waals surface area (Å²) in [5.41, 5.74) is -0.104. The van der Waals surface area contributed by atoms with Crippen molar-refractivity contribution in [3.8, 4) is 0 Å². The van der Waals surface area contributed by atoms with Crippen LogP contribution in [-0.4, -0.2) is 7.59 Å². The quantitative estimate of drug-likeness (QED) is 0.207. The van der Waals surface area contributed by atoms with Gasteiger partial charge in [-0.3, -0.25) is 0 Å². The molecule has 0 spiro atoms. The summed E-state index contributed by atoms with van der Waals surface area (Å²) in [6.45, 7) is 0. The molecule has 1 rings (SSSR count). The molecule has 0 saturated heterocycles. The van der Waals surface area contributed by atoms with Gasteiger partial charge in [0.15, 0.2) is 0 Å². The molecule has 0 amide bonds. The first-order chi connectivity index (χ1) is 8.80. The van der Waals surface area contributed by atoms with Crippen molar-refractivity contribution in [1.82, 2.24) is 0 Å². The minimum absolute atomic E-state index is 0.0694. The molecule has 0 saturated carbocycles. The molecule has 0 nitrogen and oxygen atoms in total. The van der Waals surface area contributed by atoms with Crippen LogP contribution in [0.25, 0.3) is 0 Å². The van der Waals surface area contributed by atoms with E-state index in [2.05, 4.69) is 0 Å². The topological polar surface area (TPSA) is 0 Å². The van der Waals surface area contributed by atoms with E-state index in [-0.39, 0.29) is 36.6 Å². The summed E-state index contributed by atoms with van der Waals surface area (Å²) in [4.78, 5) is 0. The Balaban J connectivity index is 3.76. The summed E-state index contributed by atoms with van der Waals surface area (Å²) in [6, 6.07) is 0. The van der Waals surface area contributed by atoms with Crippen LogP contribution < -0.4 is 0 Å². The monoisotopic (exact) mass is 493 g/mol. The summed E-state index contributed by atoms with van der Waals surface area (Å²) < 4.78 is -4.25. The first-order valence-corrected chi connectivity index (χ1v) is 8.49. The second kappa shape index (κ2) is 7.11. The van der Waals surface area contributed by atoms with Crippen LogP contribution in [0.1, 0.15) is 5.56 Å². The summed E-state index contributed by atoms with van der Waals surface area (Å²) >= 11 is 64.7. The standard InChI is InChI=1S/C9Cl11/c10-2-1(3(11)5(13)6(14)4(2)12)7(8(15,16)17)9(18,19)20. The lowest BCUT2D eigenvalue weighted by atomic mass is 10.0. The summed E-state index contributed by atoms with van der Waals surface area (Å²) in [5.74, 6) is -0.324. The number of benzene rings is 1. The van der Waals surface area contributed by atoms with Gasteiger partial charge in [0.1, 0.15) is 5.92 Å². The molecule has 0 heterocycles. The van der Waals surface area contributed by atoms with Gasteiger partial charge in [0.2, 0.25) is 7.59 Å². The number of halogens is 11. The zero-order chi connectivity index (χ0) is 16.0. The largest absolute Gasteiger partial charge is 0.205 e. The van der Waals surface area contributed by atoms with E-state index < -0.39 is 7.59 Å².